The number of aryl methyl sites for hydroxylation is 1. The summed E-state index contributed by atoms with van der Waals surface area (Å²) in [5.41, 5.74) is 1.39. The van der Waals surface area contributed by atoms with Crippen molar-refractivity contribution in [2.24, 2.45) is 0 Å². The fourth-order valence-electron chi connectivity index (χ4n) is 2.13. The molecule has 1 N–H and O–H groups in total. The van der Waals surface area contributed by atoms with Crippen molar-refractivity contribution in [3.63, 3.8) is 0 Å². The van der Waals surface area contributed by atoms with E-state index in [-0.39, 0.29) is 18.1 Å². The second-order valence-electron chi connectivity index (χ2n) is 5.16. The zero-order valence-electron chi connectivity index (χ0n) is 14.1. The van der Waals surface area contributed by atoms with Crippen LogP contribution in [0.2, 0.25) is 0 Å². The SMILES string of the molecule is C=C/C(F)=C(\C=C)Cn1ncc(=O)nc1Nc1ccc(OC)cc1C. The van der Waals surface area contributed by atoms with Gasteiger partial charge in [-0.2, -0.15) is 10.1 Å². The van der Waals surface area contributed by atoms with Gasteiger partial charge in [0.1, 0.15) is 17.8 Å². The maximum Gasteiger partial charge on any atom is 0.293 e. The minimum atomic E-state index is -0.512. The lowest BCUT2D eigenvalue weighted by Crippen LogP contribution is -2.19. The monoisotopic (exact) mass is 342 g/mol. The van der Waals surface area contributed by atoms with E-state index in [4.69, 9.17) is 4.74 Å². The average Bonchev–Trinajstić information content (AvgIpc) is 2.62. The van der Waals surface area contributed by atoms with Crippen molar-refractivity contribution in [1.29, 1.82) is 0 Å². The van der Waals surface area contributed by atoms with Gasteiger partial charge in [0.15, 0.2) is 0 Å². The molecule has 0 aliphatic carbocycles. The molecule has 0 fully saturated rings. The van der Waals surface area contributed by atoms with Gasteiger partial charge in [0.2, 0.25) is 5.95 Å². The lowest BCUT2D eigenvalue weighted by Gasteiger charge is -2.15. The molecule has 0 saturated heterocycles. The highest BCUT2D eigenvalue weighted by Gasteiger charge is 2.10. The number of anilines is 2. The van der Waals surface area contributed by atoms with E-state index >= 15 is 0 Å². The van der Waals surface area contributed by atoms with Crippen LogP contribution in [0.15, 0.2) is 65.9 Å². The number of methoxy groups -OCH3 is 1. The molecular weight excluding hydrogens is 323 g/mol. The lowest BCUT2D eigenvalue weighted by atomic mass is 10.2. The molecule has 7 heteroatoms. The number of ether oxygens (including phenoxy) is 1. The van der Waals surface area contributed by atoms with E-state index in [1.165, 1.54) is 10.8 Å². The molecular formula is C18H19FN4O2. The smallest absolute Gasteiger partial charge is 0.293 e. The summed E-state index contributed by atoms with van der Waals surface area (Å²) in [6.45, 7) is 8.92. The van der Waals surface area contributed by atoms with Crippen molar-refractivity contribution < 1.29 is 9.13 Å². The fraction of sp³-hybridized carbons (Fsp3) is 0.167. The van der Waals surface area contributed by atoms with Gasteiger partial charge in [-0.05, 0) is 36.8 Å². The molecule has 25 heavy (non-hydrogen) atoms. The van der Waals surface area contributed by atoms with Gasteiger partial charge in [0.05, 0.1) is 13.7 Å². The normalized spacial score (nSPS) is 11.5. The summed E-state index contributed by atoms with van der Waals surface area (Å²) in [6, 6.07) is 5.42. The molecule has 0 spiro atoms. The second-order valence-corrected chi connectivity index (χ2v) is 5.16. The summed E-state index contributed by atoms with van der Waals surface area (Å²) in [5.74, 6) is 0.392. The van der Waals surface area contributed by atoms with Gasteiger partial charge in [0.25, 0.3) is 5.56 Å². The quantitative estimate of drug-likeness (QED) is 0.782. The van der Waals surface area contributed by atoms with E-state index in [0.717, 1.165) is 23.5 Å². The number of allylic oxidation sites excluding steroid dienone is 4. The minimum absolute atomic E-state index is 0.0478. The Morgan fingerprint density at radius 1 is 1.40 bits per heavy atom. The summed E-state index contributed by atoms with van der Waals surface area (Å²) in [6.07, 6.45) is 3.53. The van der Waals surface area contributed by atoms with Crippen molar-refractivity contribution in [2.75, 3.05) is 12.4 Å². The van der Waals surface area contributed by atoms with Crippen molar-refractivity contribution >= 4 is 11.6 Å². The second kappa shape index (κ2) is 8.05. The number of rotatable bonds is 7. The van der Waals surface area contributed by atoms with Crippen LogP contribution in [0.4, 0.5) is 16.0 Å². The highest BCUT2D eigenvalue weighted by Crippen LogP contribution is 2.23. The predicted molar refractivity (Wildman–Crippen MR) is 95.8 cm³/mol. The average molecular weight is 342 g/mol. The number of nitrogens with one attached hydrogen (secondary N) is 1. The molecule has 0 radical (unpaired) electrons. The van der Waals surface area contributed by atoms with Gasteiger partial charge in [0, 0.05) is 11.3 Å². The zero-order chi connectivity index (χ0) is 18.4. The maximum absolute atomic E-state index is 13.8. The summed E-state index contributed by atoms with van der Waals surface area (Å²) < 4.78 is 20.4. The van der Waals surface area contributed by atoms with Crippen LogP contribution < -0.4 is 15.6 Å². The molecule has 1 aromatic heterocycles. The van der Waals surface area contributed by atoms with E-state index in [1.54, 1.807) is 19.2 Å². The van der Waals surface area contributed by atoms with Gasteiger partial charge < -0.3 is 10.1 Å². The highest BCUT2D eigenvalue weighted by atomic mass is 19.1. The van der Waals surface area contributed by atoms with Crippen LogP contribution in [0.3, 0.4) is 0 Å². The Morgan fingerprint density at radius 2 is 2.16 bits per heavy atom. The third-order valence-electron chi connectivity index (χ3n) is 3.50. The Bertz CT molecular complexity index is 887. The first-order valence-electron chi connectivity index (χ1n) is 7.47. The first-order chi connectivity index (χ1) is 12.0. The number of aromatic nitrogens is 3. The molecule has 6 nitrogen and oxygen atoms in total. The maximum atomic E-state index is 13.8. The van der Waals surface area contributed by atoms with E-state index in [9.17, 15) is 9.18 Å². The van der Waals surface area contributed by atoms with Gasteiger partial charge >= 0.3 is 0 Å². The van der Waals surface area contributed by atoms with Crippen LogP contribution in [0.25, 0.3) is 0 Å². The molecule has 2 rings (SSSR count). The largest absolute Gasteiger partial charge is 0.497 e. The standard InChI is InChI=1S/C18H19FN4O2/c1-5-13(15(19)6-2)11-23-18(22-17(24)10-20-23)21-16-8-7-14(25-4)9-12(16)3/h5-10H,1-2,11H2,3-4H3,(H,21,22,24)/b15-13-. The van der Waals surface area contributed by atoms with E-state index in [1.807, 2.05) is 13.0 Å². The fourth-order valence-corrected chi connectivity index (χ4v) is 2.13. The van der Waals surface area contributed by atoms with Crippen LogP contribution in [0, 0.1) is 6.92 Å². The summed E-state index contributed by atoms with van der Waals surface area (Å²) in [7, 11) is 1.58. The number of hydrogen-bond donors (Lipinski definition) is 1. The Hall–Kier alpha value is -3.22. The molecule has 2 aromatic rings. The summed E-state index contributed by atoms with van der Waals surface area (Å²) in [4.78, 5) is 15.5. The summed E-state index contributed by atoms with van der Waals surface area (Å²) in [5, 5.41) is 7.06. The highest BCUT2D eigenvalue weighted by molar-refractivity contribution is 5.60. The molecule has 0 bridgehead atoms. The molecule has 1 heterocycles. The third-order valence-corrected chi connectivity index (χ3v) is 3.50. The van der Waals surface area contributed by atoms with Gasteiger partial charge in [-0.1, -0.05) is 19.2 Å². The summed E-state index contributed by atoms with van der Waals surface area (Å²) >= 11 is 0. The zero-order valence-corrected chi connectivity index (χ0v) is 14.1. The van der Waals surface area contributed by atoms with Gasteiger partial charge in [-0.15, -0.1) is 0 Å². The van der Waals surface area contributed by atoms with Gasteiger partial charge in [-0.25, -0.2) is 9.07 Å². The molecule has 0 aliphatic heterocycles. The van der Waals surface area contributed by atoms with E-state index in [0.29, 0.717) is 5.75 Å². The van der Waals surface area contributed by atoms with Crippen LogP contribution in [0.5, 0.6) is 5.75 Å². The predicted octanol–water partition coefficient (Wildman–Crippen LogP) is 3.29. The van der Waals surface area contributed by atoms with Crippen LogP contribution >= 0.6 is 0 Å². The number of halogens is 1. The van der Waals surface area contributed by atoms with Crippen molar-refractivity contribution in [1.82, 2.24) is 14.8 Å². The topological polar surface area (TPSA) is 69.0 Å². The van der Waals surface area contributed by atoms with Crippen molar-refractivity contribution in [2.45, 2.75) is 13.5 Å². The van der Waals surface area contributed by atoms with E-state index < -0.39 is 11.4 Å². The van der Waals surface area contributed by atoms with Crippen LogP contribution in [-0.2, 0) is 6.54 Å². The van der Waals surface area contributed by atoms with Crippen molar-refractivity contribution in [3.8, 4) is 5.75 Å². The minimum Gasteiger partial charge on any atom is -0.497 e. The molecule has 0 atom stereocenters. The molecule has 130 valence electrons. The Morgan fingerprint density at radius 3 is 2.76 bits per heavy atom. The molecule has 0 amide bonds. The molecule has 1 aromatic carbocycles. The Kier molecular flexibility index (Phi) is 5.84. The van der Waals surface area contributed by atoms with Gasteiger partial charge in [-0.3, -0.25) is 4.79 Å². The molecule has 0 unspecified atom stereocenters. The number of hydrogen-bond acceptors (Lipinski definition) is 5. The van der Waals surface area contributed by atoms with Crippen molar-refractivity contribution in [3.05, 3.63) is 77.0 Å². The first-order valence-corrected chi connectivity index (χ1v) is 7.47. The third kappa shape index (κ3) is 4.41. The number of benzene rings is 1. The Balaban J connectivity index is 2.41. The van der Waals surface area contributed by atoms with E-state index in [2.05, 4.69) is 28.6 Å². The lowest BCUT2D eigenvalue weighted by molar-refractivity contribution is 0.414. The molecule has 0 saturated carbocycles. The first kappa shape index (κ1) is 18.1. The Labute approximate surface area is 145 Å². The number of nitrogens with zero attached hydrogens (tertiary/aromatic N) is 3. The molecule has 0 aliphatic rings. The van der Waals surface area contributed by atoms with Crippen LogP contribution in [-0.4, -0.2) is 21.9 Å². The van der Waals surface area contributed by atoms with Crippen LogP contribution in [0.1, 0.15) is 5.56 Å².